The van der Waals surface area contributed by atoms with E-state index in [2.05, 4.69) is 16.4 Å². The van der Waals surface area contributed by atoms with Crippen LogP contribution in [0.3, 0.4) is 0 Å². The van der Waals surface area contributed by atoms with E-state index in [9.17, 15) is 9.59 Å². The minimum absolute atomic E-state index is 0.150. The quantitative estimate of drug-likeness (QED) is 0.945. The number of carbonyl (C=O) groups is 2. The van der Waals surface area contributed by atoms with Crippen LogP contribution in [0.15, 0.2) is 42.5 Å². The first-order chi connectivity index (χ1) is 11.7. The largest absolute Gasteiger partial charge is 0.348 e. The van der Waals surface area contributed by atoms with Crippen molar-refractivity contribution >= 4 is 17.5 Å². The van der Waals surface area contributed by atoms with Crippen molar-refractivity contribution in [1.82, 2.24) is 10.3 Å². The van der Waals surface area contributed by atoms with Gasteiger partial charge in [-0.05, 0) is 49.4 Å². The fraction of sp³-hybridized carbons (Fsp3) is 0.316. The number of hydrogen-bond acceptors (Lipinski definition) is 3. The molecule has 4 rings (SSSR count). The molecule has 0 unspecified atom stereocenters. The summed E-state index contributed by atoms with van der Waals surface area (Å²) in [5, 5.41) is 2.91. The molecule has 1 aromatic heterocycles. The molecule has 122 valence electrons. The minimum Gasteiger partial charge on any atom is -0.348 e. The molecule has 5 nitrogen and oxygen atoms in total. The number of benzene rings is 1. The standard InChI is InChI=1S/C19H19N3O2/c23-18(20-14-10-11-14)15-7-3-8-16(21-15)19(24)22-12-4-6-13-5-1-2-9-17(13)22/h1-3,5,7-9,14H,4,6,10-12H2,(H,20,23). The predicted molar refractivity (Wildman–Crippen MR) is 91.2 cm³/mol. The maximum absolute atomic E-state index is 12.9. The summed E-state index contributed by atoms with van der Waals surface area (Å²) in [7, 11) is 0. The minimum atomic E-state index is -0.203. The summed E-state index contributed by atoms with van der Waals surface area (Å²) in [4.78, 5) is 31.1. The molecule has 1 N–H and O–H groups in total. The fourth-order valence-electron chi connectivity index (χ4n) is 3.05. The zero-order chi connectivity index (χ0) is 16.5. The molecule has 2 heterocycles. The van der Waals surface area contributed by atoms with Crippen LogP contribution in [0.25, 0.3) is 0 Å². The topological polar surface area (TPSA) is 62.3 Å². The highest BCUT2D eigenvalue weighted by atomic mass is 16.2. The van der Waals surface area contributed by atoms with E-state index in [-0.39, 0.29) is 17.9 Å². The zero-order valence-corrected chi connectivity index (χ0v) is 13.4. The third-order valence-electron chi connectivity index (χ3n) is 4.47. The maximum atomic E-state index is 12.9. The van der Waals surface area contributed by atoms with E-state index in [4.69, 9.17) is 0 Å². The smallest absolute Gasteiger partial charge is 0.276 e. The van der Waals surface area contributed by atoms with Gasteiger partial charge < -0.3 is 10.2 Å². The van der Waals surface area contributed by atoms with Gasteiger partial charge in [0.15, 0.2) is 0 Å². The van der Waals surface area contributed by atoms with Crippen LogP contribution in [-0.2, 0) is 6.42 Å². The summed E-state index contributed by atoms with van der Waals surface area (Å²) in [5.74, 6) is -0.352. The van der Waals surface area contributed by atoms with E-state index in [0.29, 0.717) is 17.9 Å². The van der Waals surface area contributed by atoms with E-state index >= 15 is 0 Å². The average Bonchev–Trinajstić information content (AvgIpc) is 3.44. The summed E-state index contributed by atoms with van der Waals surface area (Å²) in [6.45, 7) is 0.677. The molecule has 24 heavy (non-hydrogen) atoms. The summed E-state index contributed by atoms with van der Waals surface area (Å²) < 4.78 is 0. The lowest BCUT2D eigenvalue weighted by Gasteiger charge is -2.29. The van der Waals surface area contributed by atoms with Gasteiger partial charge in [0.05, 0.1) is 0 Å². The van der Waals surface area contributed by atoms with Gasteiger partial charge in [-0.15, -0.1) is 0 Å². The third-order valence-corrected chi connectivity index (χ3v) is 4.47. The Labute approximate surface area is 140 Å². The molecule has 2 aromatic rings. The maximum Gasteiger partial charge on any atom is 0.276 e. The van der Waals surface area contributed by atoms with Crippen LogP contribution in [-0.4, -0.2) is 29.4 Å². The second-order valence-corrected chi connectivity index (χ2v) is 6.34. The molecule has 0 bridgehead atoms. The normalized spacial score (nSPS) is 16.4. The van der Waals surface area contributed by atoms with E-state index in [1.807, 2.05) is 18.2 Å². The average molecular weight is 321 g/mol. The summed E-state index contributed by atoms with van der Waals surface area (Å²) >= 11 is 0. The van der Waals surface area contributed by atoms with Crippen molar-refractivity contribution in [1.29, 1.82) is 0 Å². The molecule has 0 saturated heterocycles. The van der Waals surface area contributed by atoms with Crippen molar-refractivity contribution in [3.8, 4) is 0 Å². The van der Waals surface area contributed by atoms with Crippen molar-refractivity contribution < 1.29 is 9.59 Å². The van der Waals surface area contributed by atoms with Crippen LogP contribution in [0.1, 0.15) is 45.8 Å². The van der Waals surface area contributed by atoms with Crippen LogP contribution in [0, 0.1) is 0 Å². The van der Waals surface area contributed by atoms with Crippen LogP contribution in [0.4, 0.5) is 5.69 Å². The van der Waals surface area contributed by atoms with Crippen LogP contribution >= 0.6 is 0 Å². The molecular formula is C19H19N3O2. The Balaban J connectivity index is 1.60. The first kappa shape index (κ1) is 14.9. The molecule has 1 fully saturated rings. The highest BCUT2D eigenvalue weighted by Crippen LogP contribution is 2.27. The van der Waals surface area contributed by atoms with E-state index in [1.54, 1.807) is 23.1 Å². The van der Waals surface area contributed by atoms with Crippen LogP contribution in [0.2, 0.25) is 0 Å². The molecule has 1 aliphatic heterocycles. The lowest BCUT2D eigenvalue weighted by Crippen LogP contribution is -2.36. The molecule has 5 heteroatoms. The van der Waals surface area contributed by atoms with Gasteiger partial charge in [0, 0.05) is 18.3 Å². The predicted octanol–water partition coefficient (Wildman–Crippen LogP) is 2.57. The number of nitrogens with zero attached hydrogens (tertiary/aromatic N) is 2. The van der Waals surface area contributed by atoms with Crippen molar-refractivity contribution in [2.45, 2.75) is 31.7 Å². The van der Waals surface area contributed by atoms with Crippen molar-refractivity contribution in [3.05, 3.63) is 59.4 Å². The number of nitrogens with one attached hydrogen (secondary N) is 1. The van der Waals surface area contributed by atoms with Gasteiger partial charge in [-0.1, -0.05) is 24.3 Å². The van der Waals surface area contributed by atoms with Gasteiger partial charge >= 0.3 is 0 Å². The van der Waals surface area contributed by atoms with Gasteiger partial charge in [0.1, 0.15) is 11.4 Å². The molecule has 0 spiro atoms. The first-order valence-corrected chi connectivity index (χ1v) is 8.40. The fourth-order valence-corrected chi connectivity index (χ4v) is 3.05. The number of carbonyl (C=O) groups excluding carboxylic acids is 2. The number of rotatable bonds is 3. The number of aromatic nitrogens is 1. The van der Waals surface area contributed by atoms with Crippen molar-refractivity contribution in [3.63, 3.8) is 0 Å². The second kappa shape index (κ2) is 6.07. The van der Waals surface area contributed by atoms with E-state index in [1.165, 1.54) is 5.56 Å². The van der Waals surface area contributed by atoms with Gasteiger partial charge in [0.2, 0.25) is 0 Å². The molecule has 2 aliphatic rings. The number of aryl methyl sites for hydroxylation is 1. The molecular weight excluding hydrogens is 302 g/mol. The summed E-state index contributed by atoms with van der Waals surface area (Å²) in [6, 6.07) is 13.3. The summed E-state index contributed by atoms with van der Waals surface area (Å²) in [5.41, 5.74) is 2.75. The molecule has 0 radical (unpaired) electrons. The highest BCUT2D eigenvalue weighted by Gasteiger charge is 2.26. The van der Waals surface area contributed by atoms with Crippen molar-refractivity contribution in [2.24, 2.45) is 0 Å². The number of hydrogen-bond donors (Lipinski definition) is 1. The van der Waals surface area contributed by atoms with E-state index in [0.717, 1.165) is 31.4 Å². The van der Waals surface area contributed by atoms with Crippen LogP contribution in [0.5, 0.6) is 0 Å². The molecule has 1 saturated carbocycles. The Morgan fingerprint density at radius 3 is 2.67 bits per heavy atom. The Hall–Kier alpha value is -2.69. The van der Waals surface area contributed by atoms with Crippen molar-refractivity contribution in [2.75, 3.05) is 11.4 Å². The Morgan fingerprint density at radius 2 is 1.83 bits per heavy atom. The second-order valence-electron chi connectivity index (χ2n) is 6.34. The van der Waals surface area contributed by atoms with Gasteiger partial charge in [0.25, 0.3) is 11.8 Å². The molecule has 1 aromatic carbocycles. The van der Waals surface area contributed by atoms with E-state index < -0.39 is 0 Å². The highest BCUT2D eigenvalue weighted by molar-refractivity contribution is 6.06. The molecule has 1 aliphatic carbocycles. The Bertz CT molecular complexity index is 799. The number of fused-ring (bicyclic) bond motifs is 1. The number of anilines is 1. The lowest BCUT2D eigenvalue weighted by atomic mass is 10.0. The zero-order valence-electron chi connectivity index (χ0n) is 13.4. The number of pyridine rings is 1. The monoisotopic (exact) mass is 321 g/mol. The van der Waals surface area contributed by atoms with Gasteiger partial charge in [-0.2, -0.15) is 0 Å². The lowest BCUT2D eigenvalue weighted by molar-refractivity contribution is 0.0945. The molecule has 2 amide bonds. The Morgan fingerprint density at radius 1 is 1.04 bits per heavy atom. The van der Waals surface area contributed by atoms with Crippen LogP contribution < -0.4 is 10.2 Å². The Kier molecular flexibility index (Phi) is 3.76. The summed E-state index contributed by atoms with van der Waals surface area (Å²) in [6.07, 6.45) is 3.96. The van der Waals surface area contributed by atoms with Gasteiger partial charge in [-0.25, -0.2) is 4.98 Å². The SMILES string of the molecule is O=C(NC1CC1)c1cccc(C(=O)N2CCCc3ccccc32)n1. The molecule has 0 atom stereocenters. The third kappa shape index (κ3) is 2.89. The number of para-hydroxylation sites is 1. The number of amides is 2. The first-order valence-electron chi connectivity index (χ1n) is 8.40. The van der Waals surface area contributed by atoms with Gasteiger partial charge in [-0.3, -0.25) is 9.59 Å².